The van der Waals surface area contributed by atoms with Gasteiger partial charge in [-0.15, -0.1) is 0 Å². The molecule has 0 radical (unpaired) electrons. The molecule has 2 saturated heterocycles. The van der Waals surface area contributed by atoms with Gasteiger partial charge >= 0.3 is 11.9 Å². The van der Waals surface area contributed by atoms with Crippen molar-refractivity contribution >= 4 is 23.5 Å². The van der Waals surface area contributed by atoms with E-state index in [4.69, 9.17) is 18.9 Å². The molecule has 158 valence electrons. The summed E-state index contributed by atoms with van der Waals surface area (Å²) in [7, 11) is 5.55. The average Bonchev–Trinajstić information content (AvgIpc) is 3.21. The van der Waals surface area contributed by atoms with E-state index in [1.165, 1.54) is 26.2 Å². The number of rotatable bonds is 6. The van der Waals surface area contributed by atoms with E-state index in [1.54, 1.807) is 38.3 Å². The Hall–Kier alpha value is -2.81. The largest absolute Gasteiger partial charge is 0.497 e. The van der Waals surface area contributed by atoms with Crippen molar-refractivity contribution in [1.29, 1.82) is 0 Å². The van der Waals surface area contributed by atoms with Crippen molar-refractivity contribution in [2.45, 2.75) is 37.1 Å². The molecular formula is C20H26N2O7. The van der Waals surface area contributed by atoms with Crippen LogP contribution in [0.25, 0.3) is 0 Å². The third-order valence-electron chi connectivity index (χ3n) is 5.84. The third-order valence-corrected chi connectivity index (χ3v) is 5.84. The van der Waals surface area contributed by atoms with Crippen molar-refractivity contribution in [1.82, 2.24) is 4.90 Å². The van der Waals surface area contributed by atoms with Crippen LogP contribution in [0.4, 0.5) is 5.69 Å². The molecule has 3 rings (SSSR count). The molecule has 1 amide bonds. The van der Waals surface area contributed by atoms with Crippen LogP contribution in [0, 0.1) is 5.92 Å². The number of carbonyl (C=O) groups is 3. The van der Waals surface area contributed by atoms with Gasteiger partial charge in [0.15, 0.2) is 6.10 Å². The first-order chi connectivity index (χ1) is 13.8. The molecule has 1 aromatic carbocycles. The van der Waals surface area contributed by atoms with E-state index in [0.717, 1.165) is 5.69 Å². The van der Waals surface area contributed by atoms with Crippen molar-refractivity contribution in [3.8, 4) is 5.75 Å². The molecule has 0 spiro atoms. The van der Waals surface area contributed by atoms with E-state index in [2.05, 4.69) is 5.32 Å². The van der Waals surface area contributed by atoms with Gasteiger partial charge in [0, 0.05) is 12.8 Å². The fourth-order valence-electron chi connectivity index (χ4n) is 4.49. The fourth-order valence-corrected chi connectivity index (χ4v) is 4.49. The summed E-state index contributed by atoms with van der Waals surface area (Å²) in [6.45, 7) is 1.61. The molecule has 9 heteroatoms. The molecule has 1 aromatic rings. The van der Waals surface area contributed by atoms with Crippen LogP contribution in [0.3, 0.4) is 0 Å². The normalized spacial score (nSPS) is 30.7. The van der Waals surface area contributed by atoms with E-state index in [0.29, 0.717) is 5.75 Å². The summed E-state index contributed by atoms with van der Waals surface area (Å²) in [5, 5.41) is 3.30. The predicted octanol–water partition coefficient (Wildman–Crippen LogP) is 0.826. The number of carbonyl (C=O) groups excluding carboxylic acids is 3. The lowest BCUT2D eigenvalue weighted by Crippen LogP contribution is -2.52. The first kappa shape index (κ1) is 20.9. The van der Waals surface area contributed by atoms with Crippen LogP contribution < -0.4 is 10.1 Å². The first-order valence-corrected chi connectivity index (χ1v) is 9.25. The Labute approximate surface area is 169 Å². The SMILES string of the molecule is COC(=O)[C@@H]1C[C@](C)(C(=O)OC)N2C(=O)[C@H](OC)[C@@H](Nc3ccc(OC)cc3)[C@H]12. The second kappa shape index (κ2) is 7.90. The molecule has 0 unspecified atom stereocenters. The first-order valence-electron chi connectivity index (χ1n) is 9.25. The highest BCUT2D eigenvalue weighted by molar-refractivity contribution is 5.96. The summed E-state index contributed by atoms with van der Waals surface area (Å²) >= 11 is 0. The molecule has 2 fully saturated rings. The maximum atomic E-state index is 13.2. The fraction of sp³-hybridized carbons (Fsp3) is 0.550. The Morgan fingerprint density at radius 1 is 1.10 bits per heavy atom. The molecular weight excluding hydrogens is 380 g/mol. The van der Waals surface area contributed by atoms with Crippen molar-refractivity contribution in [2.75, 3.05) is 33.8 Å². The monoisotopic (exact) mass is 406 g/mol. The number of hydrogen-bond acceptors (Lipinski definition) is 8. The van der Waals surface area contributed by atoms with E-state index < -0.39 is 41.6 Å². The van der Waals surface area contributed by atoms with E-state index >= 15 is 0 Å². The van der Waals surface area contributed by atoms with Gasteiger partial charge < -0.3 is 29.2 Å². The number of hydrogen-bond donors (Lipinski definition) is 1. The van der Waals surface area contributed by atoms with Gasteiger partial charge in [0.05, 0.1) is 39.3 Å². The second-order valence-corrected chi connectivity index (χ2v) is 7.35. The van der Waals surface area contributed by atoms with Gasteiger partial charge in [-0.25, -0.2) is 4.79 Å². The number of anilines is 1. The third kappa shape index (κ3) is 3.29. The topological polar surface area (TPSA) is 103 Å². The zero-order valence-electron chi connectivity index (χ0n) is 17.1. The van der Waals surface area contributed by atoms with Gasteiger partial charge in [0.25, 0.3) is 5.91 Å². The van der Waals surface area contributed by atoms with Crippen LogP contribution in [0.15, 0.2) is 24.3 Å². The van der Waals surface area contributed by atoms with E-state index in [1.807, 2.05) is 0 Å². The summed E-state index contributed by atoms with van der Waals surface area (Å²) in [6.07, 6.45) is -0.765. The van der Waals surface area contributed by atoms with Crippen molar-refractivity contribution in [3.05, 3.63) is 24.3 Å². The summed E-state index contributed by atoms with van der Waals surface area (Å²) < 4.78 is 20.6. The van der Waals surface area contributed by atoms with Crippen molar-refractivity contribution in [3.63, 3.8) is 0 Å². The Morgan fingerprint density at radius 3 is 2.28 bits per heavy atom. The number of methoxy groups -OCH3 is 4. The van der Waals surface area contributed by atoms with Crippen LogP contribution in [0.1, 0.15) is 13.3 Å². The van der Waals surface area contributed by atoms with Gasteiger partial charge in [0.2, 0.25) is 0 Å². The Morgan fingerprint density at radius 2 is 1.76 bits per heavy atom. The second-order valence-electron chi connectivity index (χ2n) is 7.35. The lowest BCUT2D eigenvalue weighted by Gasteiger charge is -2.32. The number of amides is 1. The average molecular weight is 406 g/mol. The van der Waals surface area contributed by atoms with Crippen LogP contribution >= 0.6 is 0 Å². The number of ether oxygens (including phenoxy) is 4. The summed E-state index contributed by atoms with van der Waals surface area (Å²) in [5.41, 5.74) is -0.564. The highest BCUT2D eigenvalue weighted by Crippen LogP contribution is 2.46. The maximum absolute atomic E-state index is 13.2. The quantitative estimate of drug-likeness (QED) is 0.693. The number of nitrogens with zero attached hydrogens (tertiary/aromatic N) is 1. The van der Waals surface area contributed by atoms with E-state index in [9.17, 15) is 14.4 Å². The zero-order chi connectivity index (χ0) is 21.3. The molecule has 2 aliphatic rings. The Kier molecular flexibility index (Phi) is 5.70. The van der Waals surface area contributed by atoms with Gasteiger partial charge in [-0.05, 0) is 37.6 Å². The molecule has 9 nitrogen and oxygen atoms in total. The highest BCUT2D eigenvalue weighted by Gasteiger charge is 2.66. The molecule has 0 aromatic heterocycles. The van der Waals surface area contributed by atoms with Crippen molar-refractivity contribution in [2.24, 2.45) is 5.92 Å². The highest BCUT2D eigenvalue weighted by atomic mass is 16.5. The molecule has 2 heterocycles. The minimum absolute atomic E-state index is 0.111. The minimum Gasteiger partial charge on any atom is -0.497 e. The lowest BCUT2D eigenvalue weighted by molar-refractivity contribution is -0.159. The maximum Gasteiger partial charge on any atom is 0.331 e. The molecule has 2 aliphatic heterocycles. The van der Waals surface area contributed by atoms with Gasteiger partial charge in [-0.3, -0.25) is 9.59 Å². The molecule has 0 aliphatic carbocycles. The summed E-state index contributed by atoms with van der Waals surface area (Å²) in [4.78, 5) is 39.7. The number of benzene rings is 1. The Balaban J connectivity index is 2.02. The molecule has 0 saturated carbocycles. The molecule has 5 atom stereocenters. The van der Waals surface area contributed by atoms with Crippen molar-refractivity contribution < 1.29 is 33.3 Å². The minimum atomic E-state index is -1.29. The van der Waals surface area contributed by atoms with Crippen LogP contribution in [-0.2, 0) is 28.6 Å². The van der Waals surface area contributed by atoms with Crippen LogP contribution in [0.5, 0.6) is 5.75 Å². The molecule has 1 N–H and O–H groups in total. The van der Waals surface area contributed by atoms with E-state index in [-0.39, 0.29) is 12.3 Å². The standard InChI is InChI=1S/C20H26N2O7/c1-20(19(25)29-5)10-13(18(24)28-4)15-14(16(27-3)17(23)22(15)20)21-11-6-8-12(26-2)9-7-11/h6-9,13-16,21H,10H2,1-5H3/t13-,14+,15+,16-,20-/m1/s1. The van der Waals surface area contributed by atoms with Gasteiger partial charge in [-0.2, -0.15) is 0 Å². The van der Waals surface area contributed by atoms with Gasteiger partial charge in [-0.1, -0.05) is 0 Å². The Bertz CT molecular complexity index is 797. The lowest BCUT2D eigenvalue weighted by atomic mass is 9.88. The van der Waals surface area contributed by atoms with Gasteiger partial charge in [0.1, 0.15) is 11.3 Å². The molecule has 0 bridgehead atoms. The number of nitrogens with one attached hydrogen (secondary N) is 1. The smallest absolute Gasteiger partial charge is 0.331 e. The summed E-state index contributed by atoms with van der Waals surface area (Å²) in [5.74, 6) is -1.46. The zero-order valence-corrected chi connectivity index (χ0v) is 17.1. The van der Waals surface area contributed by atoms with Crippen LogP contribution in [0.2, 0.25) is 0 Å². The molecule has 29 heavy (non-hydrogen) atoms. The number of esters is 2. The number of fused-ring (bicyclic) bond motifs is 1. The predicted molar refractivity (Wildman–Crippen MR) is 102 cm³/mol. The summed E-state index contributed by atoms with van der Waals surface area (Å²) in [6, 6.07) is 5.97. The van der Waals surface area contributed by atoms with Crippen LogP contribution in [-0.4, -0.2) is 74.9 Å².